The zero-order valence-electron chi connectivity index (χ0n) is 19.3. The van der Waals surface area contributed by atoms with Crippen LogP contribution in [0.1, 0.15) is 15.9 Å². The van der Waals surface area contributed by atoms with Crippen LogP contribution < -0.4 is 10.7 Å². The fourth-order valence-electron chi connectivity index (χ4n) is 3.60. The van der Waals surface area contributed by atoms with Gasteiger partial charge in [0.1, 0.15) is 0 Å². The summed E-state index contributed by atoms with van der Waals surface area (Å²) in [5, 5.41) is 38.2. The monoisotopic (exact) mass is 496 g/mol. The number of hydrazone groups is 1. The summed E-state index contributed by atoms with van der Waals surface area (Å²) >= 11 is 1.35. The van der Waals surface area contributed by atoms with E-state index in [4.69, 9.17) is 0 Å². The SMILES string of the molecule is CN1CCN(CCNC(=O)c2ccc(-c3csc(N/N=C/c4ccc(O)c(O)c4O)n3)cc2)CC1. The lowest BCUT2D eigenvalue weighted by Crippen LogP contribution is -2.46. The predicted octanol–water partition coefficient (Wildman–Crippen LogP) is 2.35. The Kier molecular flexibility index (Phi) is 7.80. The highest BCUT2D eigenvalue weighted by Crippen LogP contribution is 2.36. The average Bonchev–Trinajstić information content (AvgIpc) is 3.34. The molecule has 0 unspecified atom stereocenters. The number of hydrogen-bond acceptors (Lipinski definition) is 10. The first-order chi connectivity index (χ1) is 16.9. The number of amides is 1. The minimum atomic E-state index is -0.599. The molecule has 1 aliphatic heterocycles. The molecule has 0 radical (unpaired) electrons. The maximum atomic E-state index is 12.5. The van der Waals surface area contributed by atoms with Gasteiger partial charge < -0.3 is 25.5 Å². The van der Waals surface area contributed by atoms with Crippen LogP contribution in [-0.2, 0) is 0 Å². The van der Waals surface area contributed by atoms with E-state index in [0.29, 0.717) is 17.2 Å². The van der Waals surface area contributed by atoms with Gasteiger partial charge >= 0.3 is 0 Å². The number of phenolic OH excluding ortho intramolecular Hbond substituents is 3. The Labute approximate surface area is 207 Å². The number of piperazine rings is 1. The van der Waals surface area contributed by atoms with Gasteiger partial charge in [-0.05, 0) is 31.3 Å². The van der Waals surface area contributed by atoms with Crippen LogP contribution in [-0.4, -0.2) is 88.5 Å². The van der Waals surface area contributed by atoms with Crippen molar-refractivity contribution in [2.24, 2.45) is 5.10 Å². The Morgan fingerprint density at radius 2 is 1.83 bits per heavy atom. The summed E-state index contributed by atoms with van der Waals surface area (Å²) in [5.74, 6) is -1.56. The molecule has 1 fully saturated rings. The molecule has 3 aromatic rings. The molecule has 5 N–H and O–H groups in total. The number of aromatic hydroxyl groups is 3. The Morgan fingerprint density at radius 3 is 2.57 bits per heavy atom. The highest BCUT2D eigenvalue weighted by molar-refractivity contribution is 7.14. The van der Waals surface area contributed by atoms with Crippen LogP contribution >= 0.6 is 11.3 Å². The zero-order chi connectivity index (χ0) is 24.8. The fraction of sp³-hybridized carbons (Fsp3) is 0.292. The van der Waals surface area contributed by atoms with Crippen molar-refractivity contribution in [3.8, 4) is 28.5 Å². The van der Waals surface area contributed by atoms with E-state index >= 15 is 0 Å². The number of hydrogen-bond donors (Lipinski definition) is 5. The third-order valence-electron chi connectivity index (χ3n) is 5.78. The molecule has 184 valence electrons. The highest BCUT2D eigenvalue weighted by atomic mass is 32.1. The van der Waals surface area contributed by atoms with Gasteiger partial charge in [-0.15, -0.1) is 11.3 Å². The van der Waals surface area contributed by atoms with Gasteiger partial charge in [-0.2, -0.15) is 5.10 Å². The second kappa shape index (κ2) is 11.2. The minimum Gasteiger partial charge on any atom is -0.504 e. The smallest absolute Gasteiger partial charge is 0.251 e. The number of rotatable bonds is 8. The number of aromatic nitrogens is 1. The third-order valence-corrected chi connectivity index (χ3v) is 6.53. The summed E-state index contributed by atoms with van der Waals surface area (Å²) in [6.45, 7) is 5.64. The molecule has 35 heavy (non-hydrogen) atoms. The van der Waals surface area contributed by atoms with Crippen LogP contribution in [0.4, 0.5) is 5.13 Å². The van der Waals surface area contributed by atoms with E-state index in [1.54, 1.807) is 12.1 Å². The first-order valence-corrected chi connectivity index (χ1v) is 12.1. The number of benzene rings is 2. The van der Waals surface area contributed by atoms with E-state index in [2.05, 4.69) is 37.7 Å². The molecule has 0 spiro atoms. The van der Waals surface area contributed by atoms with Crippen LogP contribution in [0.15, 0.2) is 46.9 Å². The summed E-state index contributed by atoms with van der Waals surface area (Å²) in [4.78, 5) is 21.6. The van der Waals surface area contributed by atoms with Crippen LogP contribution in [0.2, 0.25) is 0 Å². The Bertz CT molecular complexity index is 1190. The molecule has 1 aromatic heterocycles. The molecule has 0 saturated carbocycles. The van der Waals surface area contributed by atoms with Gasteiger partial charge in [-0.1, -0.05) is 12.1 Å². The lowest BCUT2D eigenvalue weighted by Gasteiger charge is -2.32. The Morgan fingerprint density at radius 1 is 1.09 bits per heavy atom. The Balaban J connectivity index is 1.28. The van der Waals surface area contributed by atoms with Crippen LogP contribution in [0.3, 0.4) is 0 Å². The standard InChI is InChI=1S/C24H28N6O4S/c1-29-10-12-30(13-11-29)9-8-25-23(34)17-4-2-16(3-5-17)19-15-35-24(27-19)28-26-14-18-6-7-20(31)22(33)21(18)32/h2-7,14-15,31-33H,8-13H2,1H3,(H,25,34)(H,27,28)/b26-14+. The van der Waals surface area contributed by atoms with Crippen molar-refractivity contribution < 1.29 is 20.1 Å². The fourth-order valence-corrected chi connectivity index (χ4v) is 4.27. The lowest BCUT2D eigenvalue weighted by molar-refractivity contribution is 0.0941. The molecule has 11 heteroatoms. The summed E-state index contributed by atoms with van der Waals surface area (Å²) in [7, 11) is 2.12. The zero-order valence-corrected chi connectivity index (χ0v) is 20.1. The predicted molar refractivity (Wildman–Crippen MR) is 136 cm³/mol. The van der Waals surface area contributed by atoms with Crippen LogP contribution in [0.5, 0.6) is 17.2 Å². The lowest BCUT2D eigenvalue weighted by atomic mass is 10.1. The first kappa shape index (κ1) is 24.5. The molecule has 10 nitrogen and oxygen atoms in total. The number of carbonyl (C=O) groups is 1. The Hall–Kier alpha value is -3.67. The van der Waals surface area contributed by atoms with Crippen molar-refractivity contribution in [3.63, 3.8) is 0 Å². The van der Waals surface area contributed by atoms with E-state index < -0.39 is 17.2 Å². The molecule has 1 saturated heterocycles. The van der Waals surface area contributed by atoms with Gasteiger partial charge in [0.25, 0.3) is 5.91 Å². The van der Waals surface area contributed by atoms with Gasteiger partial charge in [-0.25, -0.2) is 4.98 Å². The van der Waals surface area contributed by atoms with Gasteiger partial charge in [-0.3, -0.25) is 15.1 Å². The van der Waals surface area contributed by atoms with Crippen molar-refractivity contribution in [3.05, 3.63) is 52.9 Å². The molecule has 0 atom stereocenters. The van der Waals surface area contributed by atoms with E-state index in [1.165, 1.54) is 29.7 Å². The normalized spacial score (nSPS) is 14.9. The summed E-state index contributed by atoms with van der Waals surface area (Å²) < 4.78 is 0. The molecular weight excluding hydrogens is 468 g/mol. The van der Waals surface area contributed by atoms with E-state index in [1.807, 2.05) is 17.5 Å². The maximum Gasteiger partial charge on any atom is 0.251 e. The van der Waals surface area contributed by atoms with Gasteiger partial charge in [0, 0.05) is 61.3 Å². The summed E-state index contributed by atoms with van der Waals surface area (Å²) in [6.07, 6.45) is 1.31. The van der Waals surface area contributed by atoms with Gasteiger partial charge in [0.2, 0.25) is 10.9 Å². The maximum absolute atomic E-state index is 12.5. The van der Waals surface area contributed by atoms with E-state index in [-0.39, 0.29) is 11.5 Å². The number of phenols is 3. The summed E-state index contributed by atoms with van der Waals surface area (Å²) in [5.41, 5.74) is 5.22. The first-order valence-electron chi connectivity index (χ1n) is 11.2. The number of likely N-dealkylation sites (N-methyl/N-ethyl adjacent to an activating group) is 1. The largest absolute Gasteiger partial charge is 0.504 e. The molecule has 4 rings (SSSR count). The third kappa shape index (κ3) is 6.27. The number of nitrogens with one attached hydrogen (secondary N) is 2. The molecular formula is C24H28N6O4S. The molecule has 0 aliphatic carbocycles. The van der Waals surface area contributed by atoms with E-state index in [9.17, 15) is 20.1 Å². The van der Waals surface area contributed by atoms with Crippen molar-refractivity contribution in [2.75, 3.05) is 51.7 Å². The molecule has 1 amide bonds. The van der Waals surface area contributed by atoms with Crippen molar-refractivity contribution >= 4 is 28.6 Å². The minimum absolute atomic E-state index is 0.0934. The van der Waals surface area contributed by atoms with Crippen molar-refractivity contribution in [1.29, 1.82) is 0 Å². The quantitative estimate of drug-likeness (QED) is 0.182. The van der Waals surface area contributed by atoms with Crippen molar-refractivity contribution in [1.82, 2.24) is 20.1 Å². The molecule has 2 heterocycles. The molecule has 2 aromatic carbocycles. The van der Waals surface area contributed by atoms with Crippen molar-refractivity contribution in [2.45, 2.75) is 0 Å². The molecule has 0 bridgehead atoms. The van der Waals surface area contributed by atoms with Crippen LogP contribution in [0.25, 0.3) is 11.3 Å². The molecule has 1 aliphatic rings. The van der Waals surface area contributed by atoms with Crippen LogP contribution in [0, 0.1) is 0 Å². The van der Waals surface area contributed by atoms with E-state index in [0.717, 1.165) is 44.0 Å². The number of nitrogens with zero attached hydrogens (tertiary/aromatic N) is 4. The number of thiazole rings is 1. The summed E-state index contributed by atoms with van der Waals surface area (Å²) in [6, 6.07) is 9.96. The topological polar surface area (TPSA) is 134 Å². The second-order valence-electron chi connectivity index (χ2n) is 8.26. The number of anilines is 1. The highest BCUT2D eigenvalue weighted by Gasteiger charge is 2.14. The number of carbonyl (C=O) groups excluding carboxylic acids is 1. The average molecular weight is 497 g/mol. The van der Waals surface area contributed by atoms with Gasteiger partial charge in [0.05, 0.1) is 11.9 Å². The van der Waals surface area contributed by atoms with Gasteiger partial charge in [0.15, 0.2) is 11.5 Å². The second-order valence-corrected chi connectivity index (χ2v) is 9.12.